The van der Waals surface area contributed by atoms with Crippen molar-refractivity contribution in [3.05, 3.63) is 45.6 Å². The summed E-state index contributed by atoms with van der Waals surface area (Å²) in [4.78, 5) is 16.8. The van der Waals surface area contributed by atoms with Crippen LogP contribution >= 0.6 is 22.6 Å². The molecule has 0 aliphatic carbocycles. The minimum atomic E-state index is -0.253. The Morgan fingerprint density at radius 2 is 1.95 bits per heavy atom. The zero-order valence-corrected chi connectivity index (χ0v) is 15.8. The summed E-state index contributed by atoms with van der Waals surface area (Å²) in [6, 6.07) is 5.87. The first-order valence-electron chi connectivity index (χ1n) is 7.34. The quantitative estimate of drug-likeness (QED) is 0.773. The Morgan fingerprint density at radius 1 is 1.27 bits per heavy atom. The smallest absolute Gasteiger partial charge is 0.251 e. The third-order valence-electron chi connectivity index (χ3n) is 3.10. The van der Waals surface area contributed by atoms with Gasteiger partial charge < -0.3 is 9.88 Å². The lowest BCUT2D eigenvalue weighted by molar-refractivity contribution is 0.0919. The van der Waals surface area contributed by atoms with Crippen molar-refractivity contribution in [1.29, 1.82) is 0 Å². The molecule has 0 fully saturated rings. The zero-order chi connectivity index (χ0) is 16.5. The van der Waals surface area contributed by atoms with Crippen LogP contribution in [0.2, 0.25) is 0 Å². The van der Waals surface area contributed by atoms with Gasteiger partial charge in [-0.3, -0.25) is 4.79 Å². The Labute approximate surface area is 145 Å². The molecule has 2 aromatic rings. The number of carbonyl (C=O) groups excluding carboxylic acids is 1. The van der Waals surface area contributed by atoms with Crippen molar-refractivity contribution < 1.29 is 4.79 Å². The number of halogens is 1. The second-order valence-corrected chi connectivity index (χ2v) is 7.96. The van der Waals surface area contributed by atoms with Gasteiger partial charge >= 0.3 is 0 Å². The van der Waals surface area contributed by atoms with Crippen LogP contribution in [-0.4, -0.2) is 21.0 Å². The number of nitrogens with zero attached hydrogens (tertiary/aromatic N) is 2. The van der Waals surface area contributed by atoms with Gasteiger partial charge in [-0.2, -0.15) is 0 Å². The first kappa shape index (κ1) is 17.0. The van der Waals surface area contributed by atoms with Crippen LogP contribution in [0.25, 0.3) is 5.69 Å². The molecule has 1 amide bonds. The van der Waals surface area contributed by atoms with Crippen molar-refractivity contribution >= 4 is 28.5 Å². The van der Waals surface area contributed by atoms with Crippen molar-refractivity contribution in [2.45, 2.75) is 46.1 Å². The fourth-order valence-corrected chi connectivity index (χ4v) is 2.87. The highest BCUT2D eigenvalue weighted by atomic mass is 127. The summed E-state index contributed by atoms with van der Waals surface area (Å²) in [6.07, 6.45) is 3.73. The SMILES string of the molecule is CC(C)c1nccn1-c1cc(I)cc(C(=O)NC(C)(C)C)c1. The number of carbonyl (C=O) groups is 1. The Bertz CT molecular complexity index is 683. The first-order valence-corrected chi connectivity index (χ1v) is 8.42. The highest BCUT2D eigenvalue weighted by Gasteiger charge is 2.17. The Kier molecular flexibility index (Phi) is 4.94. The summed E-state index contributed by atoms with van der Waals surface area (Å²) in [7, 11) is 0. The van der Waals surface area contributed by atoms with Gasteiger partial charge in [0.1, 0.15) is 5.82 Å². The van der Waals surface area contributed by atoms with Crippen molar-refractivity contribution in [2.75, 3.05) is 0 Å². The fraction of sp³-hybridized carbons (Fsp3) is 0.412. The molecule has 1 heterocycles. The lowest BCUT2D eigenvalue weighted by Crippen LogP contribution is -2.40. The molecule has 4 nitrogen and oxygen atoms in total. The standard InChI is InChI=1S/C17H22IN3O/c1-11(2)15-19-6-7-21(15)14-9-12(8-13(18)10-14)16(22)20-17(3,4)5/h6-11H,1-5H3,(H,20,22). The van der Waals surface area contributed by atoms with E-state index in [0.717, 1.165) is 15.1 Å². The van der Waals surface area contributed by atoms with E-state index in [0.29, 0.717) is 11.5 Å². The van der Waals surface area contributed by atoms with E-state index in [1.54, 1.807) is 6.20 Å². The molecule has 0 saturated carbocycles. The number of aromatic nitrogens is 2. The Morgan fingerprint density at radius 3 is 2.55 bits per heavy atom. The van der Waals surface area contributed by atoms with Crippen LogP contribution in [0.5, 0.6) is 0 Å². The van der Waals surface area contributed by atoms with Gasteiger partial charge in [-0.1, -0.05) is 13.8 Å². The summed E-state index contributed by atoms with van der Waals surface area (Å²) in [5, 5.41) is 3.01. The topological polar surface area (TPSA) is 46.9 Å². The van der Waals surface area contributed by atoms with E-state index in [1.165, 1.54) is 0 Å². The molecule has 0 unspecified atom stereocenters. The van der Waals surface area contributed by atoms with E-state index in [2.05, 4.69) is 52.8 Å². The Hall–Kier alpha value is -1.37. The van der Waals surface area contributed by atoms with Crippen molar-refractivity contribution in [3.63, 3.8) is 0 Å². The largest absolute Gasteiger partial charge is 0.347 e. The van der Waals surface area contributed by atoms with Crippen LogP contribution in [0.1, 0.15) is 56.7 Å². The molecule has 0 aliphatic rings. The average Bonchev–Trinajstić information content (AvgIpc) is 2.85. The molecule has 0 atom stereocenters. The molecule has 22 heavy (non-hydrogen) atoms. The lowest BCUT2D eigenvalue weighted by atomic mass is 10.1. The van der Waals surface area contributed by atoms with Crippen LogP contribution < -0.4 is 5.32 Å². The van der Waals surface area contributed by atoms with E-state index in [1.807, 2.05) is 43.7 Å². The third-order valence-corrected chi connectivity index (χ3v) is 3.72. The van der Waals surface area contributed by atoms with E-state index >= 15 is 0 Å². The number of nitrogens with one attached hydrogen (secondary N) is 1. The highest BCUT2D eigenvalue weighted by Crippen LogP contribution is 2.21. The normalized spacial score (nSPS) is 11.8. The predicted molar refractivity (Wildman–Crippen MR) is 97.6 cm³/mol. The molecule has 118 valence electrons. The maximum Gasteiger partial charge on any atom is 0.251 e. The summed E-state index contributed by atoms with van der Waals surface area (Å²) in [6.45, 7) is 10.2. The van der Waals surface area contributed by atoms with Gasteiger partial charge in [0, 0.05) is 38.7 Å². The molecule has 1 aromatic carbocycles. The average molecular weight is 411 g/mol. The molecule has 0 spiro atoms. The summed E-state index contributed by atoms with van der Waals surface area (Å²) >= 11 is 2.24. The molecular formula is C17H22IN3O. The molecule has 2 rings (SSSR count). The van der Waals surface area contributed by atoms with Gasteiger partial charge in [0.15, 0.2) is 0 Å². The highest BCUT2D eigenvalue weighted by molar-refractivity contribution is 14.1. The molecule has 0 saturated heterocycles. The van der Waals surface area contributed by atoms with Gasteiger partial charge in [0.2, 0.25) is 0 Å². The number of rotatable bonds is 3. The van der Waals surface area contributed by atoms with E-state index in [-0.39, 0.29) is 11.4 Å². The van der Waals surface area contributed by atoms with Crippen LogP contribution in [0, 0.1) is 3.57 Å². The van der Waals surface area contributed by atoms with Gasteiger partial charge in [0.05, 0.1) is 0 Å². The summed E-state index contributed by atoms with van der Waals surface area (Å²) in [5.74, 6) is 1.25. The number of imidazole rings is 1. The monoisotopic (exact) mass is 411 g/mol. The molecule has 1 aromatic heterocycles. The minimum Gasteiger partial charge on any atom is -0.347 e. The zero-order valence-electron chi connectivity index (χ0n) is 13.6. The minimum absolute atomic E-state index is 0.0570. The second kappa shape index (κ2) is 6.40. The molecule has 0 bridgehead atoms. The van der Waals surface area contributed by atoms with Crippen molar-refractivity contribution in [1.82, 2.24) is 14.9 Å². The molecule has 0 radical (unpaired) electrons. The van der Waals surface area contributed by atoms with Gasteiger partial charge in [-0.05, 0) is 61.6 Å². The maximum absolute atomic E-state index is 12.4. The van der Waals surface area contributed by atoms with Crippen LogP contribution in [-0.2, 0) is 0 Å². The van der Waals surface area contributed by atoms with Crippen LogP contribution in [0.15, 0.2) is 30.6 Å². The van der Waals surface area contributed by atoms with E-state index < -0.39 is 0 Å². The van der Waals surface area contributed by atoms with Crippen LogP contribution in [0.3, 0.4) is 0 Å². The summed E-state index contributed by atoms with van der Waals surface area (Å²) in [5.41, 5.74) is 1.38. The van der Waals surface area contributed by atoms with Gasteiger partial charge in [0.25, 0.3) is 5.91 Å². The molecule has 1 N–H and O–H groups in total. The molecule has 5 heteroatoms. The van der Waals surface area contributed by atoms with Gasteiger partial charge in [-0.15, -0.1) is 0 Å². The van der Waals surface area contributed by atoms with E-state index in [4.69, 9.17) is 0 Å². The van der Waals surface area contributed by atoms with Gasteiger partial charge in [-0.25, -0.2) is 4.98 Å². The van der Waals surface area contributed by atoms with Crippen molar-refractivity contribution in [2.24, 2.45) is 0 Å². The first-order chi connectivity index (χ1) is 10.2. The lowest BCUT2D eigenvalue weighted by Gasteiger charge is -2.21. The summed E-state index contributed by atoms with van der Waals surface area (Å²) < 4.78 is 3.07. The Balaban J connectivity index is 2.43. The van der Waals surface area contributed by atoms with Crippen molar-refractivity contribution in [3.8, 4) is 5.69 Å². The number of benzene rings is 1. The van der Waals surface area contributed by atoms with Crippen LogP contribution in [0.4, 0.5) is 0 Å². The number of hydrogen-bond donors (Lipinski definition) is 1. The van der Waals surface area contributed by atoms with E-state index in [9.17, 15) is 4.79 Å². The number of amides is 1. The predicted octanol–water partition coefficient (Wildman–Crippen LogP) is 4.13. The third kappa shape index (κ3) is 4.09. The fourth-order valence-electron chi connectivity index (χ4n) is 2.22. The maximum atomic E-state index is 12.4. The second-order valence-electron chi connectivity index (χ2n) is 6.71. The molecule has 0 aliphatic heterocycles. The molecular weight excluding hydrogens is 389 g/mol. The number of hydrogen-bond acceptors (Lipinski definition) is 2.